The fraction of sp³-hybridized carbons (Fsp3) is 0.286. The van der Waals surface area contributed by atoms with E-state index in [1.807, 2.05) is 0 Å². The quantitative estimate of drug-likeness (QED) is 0.726. The number of hydrogen-bond acceptors (Lipinski definition) is 4. The minimum Gasteiger partial charge on any atom is -0.455 e. The van der Waals surface area contributed by atoms with Crippen LogP contribution < -0.4 is 5.32 Å². The molecule has 0 radical (unpaired) electrons. The molecule has 0 aliphatic carbocycles. The number of amides is 2. The van der Waals surface area contributed by atoms with E-state index in [4.69, 9.17) is 16.3 Å². The smallest absolute Gasteiger partial charge is 0.311 e. The maximum Gasteiger partial charge on any atom is 0.311 e. The summed E-state index contributed by atoms with van der Waals surface area (Å²) in [6, 6.07) is 8.87. The van der Waals surface area contributed by atoms with Crippen LogP contribution in [0.1, 0.15) is 23.2 Å². The SMILES string of the molecule is O=C(COC(=O)C1CCCN(C(=O)c2ccc(F)cc2)C1)Nc1cc(Cl)ccc1F. The molecule has 0 spiro atoms. The Balaban J connectivity index is 1.52. The Morgan fingerprint density at radius 3 is 2.60 bits per heavy atom. The van der Waals surface area contributed by atoms with Gasteiger partial charge in [0.2, 0.25) is 0 Å². The monoisotopic (exact) mass is 436 g/mol. The molecule has 30 heavy (non-hydrogen) atoms. The summed E-state index contributed by atoms with van der Waals surface area (Å²) in [5, 5.41) is 2.54. The molecule has 2 amide bonds. The molecule has 1 aliphatic rings. The van der Waals surface area contributed by atoms with Gasteiger partial charge in [0.15, 0.2) is 6.61 Å². The molecule has 1 saturated heterocycles. The lowest BCUT2D eigenvalue weighted by atomic mass is 9.97. The summed E-state index contributed by atoms with van der Waals surface area (Å²) in [6.07, 6.45) is 1.10. The third-order valence-electron chi connectivity index (χ3n) is 4.68. The summed E-state index contributed by atoms with van der Waals surface area (Å²) in [4.78, 5) is 38.3. The molecule has 1 unspecified atom stereocenters. The molecule has 2 aromatic carbocycles. The van der Waals surface area contributed by atoms with Gasteiger partial charge in [0.1, 0.15) is 11.6 Å². The molecule has 0 aromatic heterocycles. The van der Waals surface area contributed by atoms with Crippen molar-refractivity contribution in [3.05, 3.63) is 64.7 Å². The average molecular weight is 437 g/mol. The standard InChI is InChI=1S/C21H19ClF2N2O4/c22-15-5-8-17(24)18(10-15)25-19(27)12-30-21(29)14-2-1-9-26(11-14)20(28)13-3-6-16(23)7-4-13/h3-8,10,14H,1-2,9,11-12H2,(H,25,27). The van der Waals surface area contributed by atoms with Crippen molar-refractivity contribution in [3.8, 4) is 0 Å². The van der Waals surface area contributed by atoms with Crippen molar-refractivity contribution >= 4 is 35.1 Å². The van der Waals surface area contributed by atoms with Crippen LogP contribution in [0.25, 0.3) is 0 Å². The van der Waals surface area contributed by atoms with E-state index in [2.05, 4.69) is 5.32 Å². The third-order valence-corrected chi connectivity index (χ3v) is 4.92. The van der Waals surface area contributed by atoms with Gasteiger partial charge in [0, 0.05) is 23.7 Å². The highest BCUT2D eigenvalue weighted by Gasteiger charge is 2.30. The lowest BCUT2D eigenvalue weighted by molar-refractivity contribution is -0.152. The second kappa shape index (κ2) is 9.67. The highest BCUT2D eigenvalue weighted by Crippen LogP contribution is 2.21. The van der Waals surface area contributed by atoms with Gasteiger partial charge in [0.25, 0.3) is 11.8 Å². The average Bonchev–Trinajstić information content (AvgIpc) is 2.74. The molecular weight excluding hydrogens is 418 g/mol. The van der Waals surface area contributed by atoms with Crippen LogP contribution >= 0.6 is 11.6 Å². The molecular formula is C21H19ClF2N2O4. The maximum atomic E-state index is 13.7. The number of nitrogens with zero attached hydrogens (tertiary/aromatic N) is 1. The molecule has 0 saturated carbocycles. The first kappa shape index (κ1) is 21.7. The molecule has 1 N–H and O–H groups in total. The number of ether oxygens (including phenoxy) is 1. The largest absolute Gasteiger partial charge is 0.455 e. The van der Waals surface area contributed by atoms with Crippen LogP contribution in [-0.2, 0) is 14.3 Å². The van der Waals surface area contributed by atoms with Crippen LogP contribution in [0.2, 0.25) is 5.02 Å². The van der Waals surface area contributed by atoms with Gasteiger partial charge in [-0.15, -0.1) is 0 Å². The molecule has 1 heterocycles. The first-order chi connectivity index (χ1) is 14.3. The Kier molecular flexibility index (Phi) is 6.99. The van der Waals surface area contributed by atoms with E-state index in [9.17, 15) is 23.2 Å². The molecule has 1 aliphatic heterocycles. The Morgan fingerprint density at radius 2 is 1.87 bits per heavy atom. The van der Waals surface area contributed by atoms with Gasteiger partial charge in [-0.05, 0) is 55.3 Å². The summed E-state index contributed by atoms with van der Waals surface area (Å²) >= 11 is 5.77. The third kappa shape index (κ3) is 5.54. The highest BCUT2D eigenvalue weighted by molar-refractivity contribution is 6.30. The topological polar surface area (TPSA) is 75.7 Å². The predicted molar refractivity (Wildman–Crippen MR) is 106 cm³/mol. The van der Waals surface area contributed by atoms with E-state index in [-0.39, 0.29) is 23.2 Å². The van der Waals surface area contributed by atoms with E-state index in [1.165, 1.54) is 41.3 Å². The van der Waals surface area contributed by atoms with Gasteiger partial charge >= 0.3 is 5.97 Å². The van der Waals surface area contributed by atoms with Crippen molar-refractivity contribution in [2.24, 2.45) is 5.92 Å². The summed E-state index contributed by atoms with van der Waals surface area (Å²) in [6.45, 7) is 0.0152. The lowest BCUT2D eigenvalue weighted by Gasteiger charge is -2.31. The second-order valence-corrected chi connectivity index (χ2v) is 7.31. The number of benzene rings is 2. The second-order valence-electron chi connectivity index (χ2n) is 6.88. The van der Waals surface area contributed by atoms with Crippen LogP contribution in [0.3, 0.4) is 0 Å². The summed E-state index contributed by atoms with van der Waals surface area (Å²) in [7, 11) is 0. The van der Waals surface area contributed by atoms with Crippen LogP contribution in [0.4, 0.5) is 14.5 Å². The Labute approximate surface area is 176 Å². The fourth-order valence-corrected chi connectivity index (χ4v) is 3.34. The van der Waals surface area contributed by atoms with E-state index < -0.39 is 36.0 Å². The van der Waals surface area contributed by atoms with Gasteiger partial charge in [-0.2, -0.15) is 0 Å². The van der Waals surface area contributed by atoms with Crippen LogP contribution in [-0.4, -0.2) is 42.4 Å². The normalized spacial score (nSPS) is 16.1. The number of likely N-dealkylation sites (tertiary alicyclic amines) is 1. The number of carbonyl (C=O) groups excluding carboxylic acids is 3. The maximum absolute atomic E-state index is 13.7. The molecule has 3 rings (SSSR count). The lowest BCUT2D eigenvalue weighted by Crippen LogP contribution is -2.43. The highest BCUT2D eigenvalue weighted by atomic mass is 35.5. The van der Waals surface area contributed by atoms with Crippen LogP contribution in [0, 0.1) is 17.6 Å². The minimum absolute atomic E-state index is 0.114. The predicted octanol–water partition coefficient (Wildman–Crippen LogP) is 3.65. The number of esters is 1. The number of halogens is 3. The van der Waals surface area contributed by atoms with Gasteiger partial charge in [-0.1, -0.05) is 11.6 Å². The zero-order valence-corrected chi connectivity index (χ0v) is 16.6. The number of hydrogen-bond donors (Lipinski definition) is 1. The van der Waals surface area contributed by atoms with Crippen molar-refractivity contribution in [1.29, 1.82) is 0 Å². The first-order valence-electron chi connectivity index (χ1n) is 9.30. The van der Waals surface area contributed by atoms with Gasteiger partial charge in [-0.25, -0.2) is 8.78 Å². The van der Waals surface area contributed by atoms with E-state index in [0.29, 0.717) is 24.9 Å². The van der Waals surface area contributed by atoms with Gasteiger partial charge in [-0.3, -0.25) is 14.4 Å². The van der Waals surface area contributed by atoms with Crippen molar-refractivity contribution in [2.45, 2.75) is 12.8 Å². The van der Waals surface area contributed by atoms with E-state index in [0.717, 1.165) is 6.07 Å². The summed E-state index contributed by atoms with van der Waals surface area (Å²) in [5.74, 6) is -3.32. The first-order valence-corrected chi connectivity index (χ1v) is 9.67. The van der Waals surface area contributed by atoms with Crippen molar-refractivity contribution in [1.82, 2.24) is 4.90 Å². The zero-order chi connectivity index (χ0) is 21.7. The number of piperidine rings is 1. The molecule has 1 atom stereocenters. The van der Waals surface area contributed by atoms with Crippen molar-refractivity contribution in [3.63, 3.8) is 0 Å². The summed E-state index contributed by atoms with van der Waals surface area (Å²) in [5.41, 5.74) is 0.214. The minimum atomic E-state index is -0.709. The number of rotatable bonds is 5. The van der Waals surface area contributed by atoms with Crippen molar-refractivity contribution in [2.75, 3.05) is 25.0 Å². The molecule has 6 nitrogen and oxygen atoms in total. The summed E-state index contributed by atoms with van der Waals surface area (Å²) < 4.78 is 31.7. The molecule has 158 valence electrons. The van der Waals surface area contributed by atoms with Crippen molar-refractivity contribution < 1.29 is 27.9 Å². The molecule has 1 fully saturated rings. The zero-order valence-electron chi connectivity index (χ0n) is 15.9. The Bertz CT molecular complexity index is 953. The van der Waals surface area contributed by atoms with Gasteiger partial charge < -0.3 is 15.0 Å². The molecule has 9 heteroatoms. The Hall–Kier alpha value is -3.00. The van der Waals surface area contributed by atoms with Crippen LogP contribution in [0.5, 0.6) is 0 Å². The van der Waals surface area contributed by atoms with E-state index in [1.54, 1.807) is 0 Å². The molecule has 0 bridgehead atoms. The van der Waals surface area contributed by atoms with Gasteiger partial charge in [0.05, 0.1) is 11.6 Å². The number of carbonyl (C=O) groups is 3. The van der Waals surface area contributed by atoms with Crippen LogP contribution in [0.15, 0.2) is 42.5 Å². The number of anilines is 1. The number of nitrogens with one attached hydrogen (secondary N) is 1. The van der Waals surface area contributed by atoms with E-state index >= 15 is 0 Å². The Morgan fingerprint density at radius 1 is 1.13 bits per heavy atom. The fourth-order valence-electron chi connectivity index (χ4n) is 3.16. The molecule has 2 aromatic rings.